The quantitative estimate of drug-likeness (QED) is 0.895. The normalized spacial score (nSPS) is 10.1. The number of carbonyl (C=O) groups excluding carboxylic acids is 2. The van der Waals surface area contributed by atoms with Crippen molar-refractivity contribution >= 4 is 34.3 Å². The highest BCUT2D eigenvalue weighted by Gasteiger charge is 2.10. The molecule has 6 nitrogen and oxygen atoms in total. The summed E-state index contributed by atoms with van der Waals surface area (Å²) in [5, 5.41) is 6.97. The van der Waals surface area contributed by atoms with Crippen molar-refractivity contribution in [2.75, 3.05) is 23.8 Å². The van der Waals surface area contributed by atoms with E-state index >= 15 is 0 Å². The van der Waals surface area contributed by atoms with Gasteiger partial charge in [0.1, 0.15) is 0 Å². The smallest absolute Gasteiger partial charge is 0.411 e. The second-order valence-electron chi connectivity index (χ2n) is 4.40. The van der Waals surface area contributed by atoms with E-state index in [-0.39, 0.29) is 0 Å². The monoisotopic (exact) mass is 302 g/mol. The Morgan fingerprint density at radius 1 is 0.818 bits per heavy atom. The molecule has 0 aliphatic rings. The van der Waals surface area contributed by atoms with Crippen LogP contribution in [0.25, 0.3) is 10.8 Å². The van der Waals surface area contributed by atoms with Crippen molar-refractivity contribution in [3.8, 4) is 0 Å². The topological polar surface area (TPSA) is 76.7 Å². The van der Waals surface area contributed by atoms with Gasteiger partial charge in [-0.25, -0.2) is 9.59 Å². The number of fused-ring (bicyclic) bond motifs is 1. The van der Waals surface area contributed by atoms with Crippen LogP contribution in [0.15, 0.2) is 36.4 Å². The lowest BCUT2D eigenvalue weighted by molar-refractivity contribution is 0.167. The highest BCUT2D eigenvalue weighted by molar-refractivity contribution is 6.07. The molecule has 0 heterocycles. The average Bonchev–Trinajstić information content (AvgIpc) is 2.48. The Morgan fingerprint density at radius 3 is 1.59 bits per heavy atom. The molecule has 0 unspecified atom stereocenters. The predicted molar refractivity (Wildman–Crippen MR) is 85.2 cm³/mol. The summed E-state index contributed by atoms with van der Waals surface area (Å²) in [5.74, 6) is 0. The van der Waals surface area contributed by atoms with E-state index in [1.54, 1.807) is 38.1 Å². The van der Waals surface area contributed by atoms with Crippen molar-refractivity contribution in [2.24, 2.45) is 0 Å². The largest absolute Gasteiger partial charge is 0.450 e. The summed E-state index contributed by atoms with van der Waals surface area (Å²) in [4.78, 5) is 23.2. The molecule has 0 aliphatic heterocycles. The summed E-state index contributed by atoms with van der Waals surface area (Å²) < 4.78 is 9.76. The third kappa shape index (κ3) is 3.66. The summed E-state index contributed by atoms with van der Waals surface area (Å²) in [7, 11) is 0. The second kappa shape index (κ2) is 7.31. The van der Waals surface area contributed by atoms with E-state index in [1.165, 1.54) is 0 Å². The van der Waals surface area contributed by atoms with E-state index in [2.05, 4.69) is 10.6 Å². The number of anilines is 2. The zero-order chi connectivity index (χ0) is 15.9. The van der Waals surface area contributed by atoms with Crippen molar-refractivity contribution < 1.29 is 19.1 Å². The summed E-state index contributed by atoms with van der Waals surface area (Å²) in [6.07, 6.45) is -1.03. The van der Waals surface area contributed by atoms with Gasteiger partial charge in [0.25, 0.3) is 0 Å². The first-order chi connectivity index (χ1) is 10.7. The minimum Gasteiger partial charge on any atom is -0.450 e. The van der Waals surface area contributed by atoms with Gasteiger partial charge in [-0.15, -0.1) is 0 Å². The maximum atomic E-state index is 11.6. The van der Waals surface area contributed by atoms with Crippen LogP contribution in [0, 0.1) is 0 Å². The molecule has 2 aromatic rings. The van der Waals surface area contributed by atoms with Gasteiger partial charge >= 0.3 is 12.2 Å². The molecular formula is C16H18N2O4. The standard InChI is InChI=1S/C16H18N2O4/c1-3-21-15(19)17-13-9-5-8-12-11(13)7-6-10-14(12)18-16(20)22-4-2/h5-10H,3-4H2,1-2H3,(H,17,19)(H,18,20). The van der Waals surface area contributed by atoms with Crippen molar-refractivity contribution in [3.63, 3.8) is 0 Å². The van der Waals surface area contributed by atoms with Crippen LogP contribution in [0.2, 0.25) is 0 Å². The van der Waals surface area contributed by atoms with Gasteiger partial charge in [0.05, 0.1) is 24.6 Å². The lowest BCUT2D eigenvalue weighted by Crippen LogP contribution is -2.14. The molecule has 0 saturated carbocycles. The number of hydrogen-bond donors (Lipinski definition) is 2. The Kier molecular flexibility index (Phi) is 5.19. The van der Waals surface area contributed by atoms with Crippen LogP contribution in [-0.4, -0.2) is 25.4 Å². The van der Waals surface area contributed by atoms with E-state index < -0.39 is 12.2 Å². The van der Waals surface area contributed by atoms with Gasteiger partial charge in [-0.3, -0.25) is 10.6 Å². The van der Waals surface area contributed by atoms with Gasteiger partial charge in [-0.2, -0.15) is 0 Å². The third-order valence-corrected chi connectivity index (χ3v) is 2.95. The van der Waals surface area contributed by atoms with Crippen molar-refractivity contribution in [3.05, 3.63) is 36.4 Å². The minimum absolute atomic E-state index is 0.298. The molecule has 0 aliphatic carbocycles. The fraction of sp³-hybridized carbons (Fsp3) is 0.250. The number of rotatable bonds is 4. The highest BCUT2D eigenvalue weighted by Crippen LogP contribution is 2.29. The molecule has 0 atom stereocenters. The summed E-state index contributed by atoms with van der Waals surface area (Å²) in [6, 6.07) is 10.8. The molecule has 0 saturated heterocycles. The number of hydrogen-bond acceptors (Lipinski definition) is 4. The molecule has 6 heteroatoms. The van der Waals surface area contributed by atoms with E-state index in [1.807, 2.05) is 12.1 Å². The van der Waals surface area contributed by atoms with Gasteiger partial charge in [0.15, 0.2) is 0 Å². The molecule has 2 amide bonds. The lowest BCUT2D eigenvalue weighted by Gasteiger charge is -2.12. The lowest BCUT2D eigenvalue weighted by atomic mass is 10.1. The number of amides is 2. The minimum atomic E-state index is -0.515. The Balaban J connectivity index is 2.33. The molecule has 0 aromatic heterocycles. The second-order valence-corrected chi connectivity index (χ2v) is 4.40. The Bertz CT molecular complexity index is 626. The van der Waals surface area contributed by atoms with Crippen LogP contribution in [0.5, 0.6) is 0 Å². The van der Waals surface area contributed by atoms with Crippen LogP contribution >= 0.6 is 0 Å². The molecule has 22 heavy (non-hydrogen) atoms. The molecule has 0 spiro atoms. The summed E-state index contributed by atoms with van der Waals surface area (Å²) in [5.41, 5.74) is 1.23. The highest BCUT2D eigenvalue weighted by atomic mass is 16.6. The molecular weight excluding hydrogens is 284 g/mol. The first kappa shape index (κ1) is 15.6. The fourth-order valence-corrected chi connectivity index (χ4v) is 2.08. The Morgan fingerprint density at radius 2 is 1.23 bits per heavy atom. The number of carbonyl (C=O) groups is 2. The fourth-order valence-electron chi connectivity index (χ4n) is 2.08. The number of ether oxygens (including phenoxy) is 2. The van der Waals surface area contributed by atoms with Gasteiger partial charge < -0.3 is 9.47 Å². The van der Waals surface area contributed by atoms with Gasteiger partial charge in [-0.05, 0) is 26.0 Å². The van der Waals surface area contributed by atoms with E-state index in [9.17, 15) is 9.59 Å². The molecule has 2 rings (SSSR count). The van der Waals surface area contributed by atoms with Gasteiger partial charge in [-0.1, -0.05) is 24.3 Å². The predicted octanol–water partition coefficient (Wildman–Crippen LogP) is 3.98. The molecule has 2 N–H and O–H groups in total. The summed E-state index contributed by atoms with van der Waals surface area (Å²) >= 11 is 0. The third-order valence-electron chi connectivity index (χ3n) is 2.95. The molecule has 116 valence electrons. The number of benzene rings is 2. The molecule has 2 aromatic carbocycles. The van der Waals surface area contributed by atoms with E-state index in [0.717, 1.165) is 10.8 Å². The van der Waals surface area contributed by atoms with Crippen LogP contribution in [0.1, 0.15) is 13.8 Å². The summed E-state index contributed by atoms with van der Waals surface area (Å²) in [6.45, 7) is 4.08. The van der Waals surface area contributed by atoms with Crippen LogP contribution in [-0.2, 0) is 9.47 Å². The number of nitrogens with one attached hydrogen (secondary N) is 2. The average molecular weight is 302 g/mol. The van der Waals surface area contributed by atoms with Gasteiger partial charge in [0.2, 0.25) is 0 Å². The van der Waals surface area contributed by atoms with Crippen molar-refractivity contribution in [1.82, 2.24) is 0 Å². The zero-order valence-corrected chi connectivity index (χ0v) is 12.5. The van der Waals surface area contributed by atoms with Gasteiger partial charge in [0, 0.05) is 10.8 Å². The van der Waals surface area contributed by atoms with Crippen LogP contribution in [0.4, 0.5) is 21.0 Å². The van der Waals surface area contributed by atoms with E-state index in [4.69, 9.17) is 9.47 Å². The molecule has 0 fully saturated rings. The first-order valence-corrected chi connectivity index (χ1v) is 7.05. The van der Waals surface area contributed by atoms with Crippen molar-refractivity contribution in [2.45, 2.75) is 13.8 Å². The Labute approximate surface area is 128 Å². The molecule has 0 radical (unpaired) electrons. The Hall–Kier alpha value is -2.76. The maximum absolute atomic E-state index is 11.6. The SMILES string of the molecule is CCOC(=O)Nc1cccc2c(NC(=O)OCC)cccc12. The van der Waals surface area contributed by atoms with Crippen molar-refractivity contribution in [1.29, 1.82) is 0 Å². The zero-order valence-electron chi connectivity index (χ0n) is 12.5. The van der Waals surface area contributed by atoms with Crippen LogP contribution < -0.4 is 10.6 Å². The first-order valence-electron chi connectivity index (χ1n) is 7.05. The van der Waals surface area contributed by atoms with E-state index in [0.29, 0.717) is 24.6 Å². The maximum Gasteiger partial charge on any atom is 0.411 e. The van der Waals surface area contributed by atoms with Crippen LogP contribution in [0.3, 0.4) is 0 Å². The molecule has 0 bridgehead atoms.